The van der Waals surface area contributed by atoms with Gasteiger partial charge in [-0.25, -0.2) is 0 Å². The highest BCUT2D eigenvalue weighted by Crippen LogP contribution is 2.63. The van der Waals surface area contributed by atoms with E-state index < -0.39 is 0 Å². The fourth-order valence-electron chi connectivity index (χ4n) is 7.27. The zero-order valence-electron chi connectivity index (χ0n) is 20.1. The van der Waals surface area contributed by atoms with Crippen LogP contribution in [0.3, 0.4) is 0 Å². The summed E-state index contributed by atoms with van der Waals surface area (Å²) in [5, 5.41) is 0. The monoisotopic (exact) mass is 454 g/mol. The largest absolute Gasteiger partial charge is 0.453 e. The highest BCUT2D eigenvalue weighted by Gasteiger charge is 2.52. The van der Waals surface area contributed by atoms with E-state index >= 15 is 0 Å². The molecule has 4 fully saturated rings. The van der Waals surface area contributed by atoms with Gasteiger partial charge in [0.05, 0.1) is 0 Å². The standard InChI is InChI=1S/C30H34N2O2/c1-18-24(31)7-4-9-26(18)33-28-11-3-6-23(29(28)34-27-10-5-8-25(32)19(27)2)30-15-20-12-21(16-30)14-22(13-20)17-30/h3-11,20-22H,12-17,31-32H2,1-2H3. The summed E-state index contributed by atoms with van der Waals surface area (Å²) in [4.78, 5) is 0. The first-order chi connectivity index (χ1) is 16.4. The van der Waals surface area contributed by atoms with E-state index in [9.17, 15) is 0 Å². The second kappa shape index (κ2) is 7.97. The van der Waals surface area contributed by atoms with Crippen LogP contribution >= 0.6 is 0 Å². The van der Waals surface area contributed by atoms with Crippen LogP contribution in [-0.4, -0.2) is 0 Å². The van der Waals surface area contributed by atoms with Gasteiger partial charge >= 0.3 is 0 Å². The number of para-hydroxylation sites is 1. The molecule has 4 aliphatic carbocycles. The van der Waals surface area contributed by atoms with Gasteiger partial charge in [0.1, 0.15) is 11.5 Å². The molecule has 4 saturated carbocycles. The number of nitrogen functional groups attached to an aromatic ring is 2. The van der Waals surface area contributed by atoms with E-state index in [1.807, 2.05) is 56.3 Å². The Hall–Kier alpha value is -3.14. The Morgan fingerprint density at radius 2 is 1.12 bits per heavy atom. The molecule has 4 aliphatic rings. The Kier molecular flexibility index (Phi) is 5.02. The maximum atomic E-state index is 6.75. The summed E-state index contributed by atoms with van der Waals surface area (Å²) in [5.74, 6) is 5.64. The van der Waals surface area contributed by atoms with Gasteiger partial charge < -0.3 is 20.9 Å². The molecule has 0 amide bonds. The van der Waals surface area contributed by atoms with E-state index in [-0.39, 0.29) is 5.41 Å². The first-order valence-corrected chi connectivity index (χ1v) is 12.6. The van der Waals surface area contributed by atoms with Gasteiger partial charge in [-0.2, -0.15) is 0 Å². The van der Waals surface area contributed by atoms with Crippen molar-refractivity contribution in [2.24, 2.45) is 17.8 Å². The van der Waals surface area contributed by atoms with E-state index in [0.717, 1.165) is 63.3 Å². The molecule has 4 nitrogen and oxygen atoms in total. The molecule has 0 saturated heterocycles. The van der Waals surface area contributed by atoms with Gasteiger partial charge in [0.15, 0.2) is 11.5 Å². The van der Waals surface area contributed by atoms with E-state index in [0.29, 0.717) is 0 Å². The zero-order valence-corrected chi connectivity index (χ0v) is 20.1. The van der Waals surface area contributed by atoms with E-state index in [2.05, 4.69) is 12.1 Å². The molecule has 0 radical (unpaired) electrons. The predicted octanol–water partition coefficient (Wildman–Crippen LogP) is 7.52. The molecule has 4 bridgehead atoms. The predicted molar refractivity (Wildman–Crippen MR) is 138 cm³/mol. The van der Waals surface area contributed by atoms with E-state index in [1.165, 1.54) is 44.1 Å². The first-order valence-electron chi connectivity index (χ1n) is 12.6. The second-order valence-electron chi connectivity index (χ2n) is 11.0. The summed E-state index contributed by atoms with van der Waals surface area (Å²) in [6, 6.07) is 18.1. The number of hydrogen-bond donors (Lipinski definition) is 2. The zero-order chi connectivity index (χ0) is 23.4. The lowest BCUT2D eigenvalue weighted by atomic mass is 9.48. The van der Waals surface area contributed by atoms with Crippen LogP contribution in [0.15, 0.2) is 54.6 Å². The van der Waals surface area contributed by atoms with Crippen molar-refractivity contribution in [2.75, 3.05) is 11.5 Å². The molecular formula is C30H34N2O2. The van der Waals surface area contributed by atoms with Gasteiger partial charge in [-0.15, -0.1) is 0 Å². The molecule has 0 atom stereocenters. The quantitative estimate of drug-likeness (QED) is 0.391. The first kappa shape index (κ1) is 21.4. The lowest BCUT2D eigenvalue weighted by Crippen LogP contribution is -2.48. The number of hydrogen-bond acceptors (Lipinski definition) is 4. The summed E-state index contributed by atoms with van der Waals surface area (Å²) in [6.07, 6.45) is 7.98. The number of benzene rings is 3. The topological polar surface area (TPSA) is 70.5 Å². The number of ether oxygens (including phenoxy) is 2. The van der Waals surface area contributed by atoms with Crippen LogP contribution in [0, 0.1) is 31.6 Å². The molecule has 0 aromatic heterocycles. The molecule has 4 N–H and O–H groups in total. The smallest absolute Gasteiger partial charge is 0.173 e. The van der Waals surface area contributed by atoms with Crippen molar-refractivity contribution >= 4 is 11.4 Å². The number of rotatable bonds is 5. The van der Waals surface area contributed by atoms with Crippen LogP contribution in [0.1, 0.15) is 55.2 Å². The van der Waals surface area contributed by atoms with Crippen LogP contribution < -0.4 is 20.9 Å². The van der Waals surface area contributed by atoms with Crippen molar-refractivity contribution in [3.63, 3.8) is 0 Å². The van der Waals surface area contributed by atoms with Crippen LogP contribution in [-0.2, 0) is 5.41 Å². The van der Waals surface area contributed by atoms with Crippen LogP contribution in [0.4, 0.5) is 11.4 Å². The molecule has 0 spiro atoms. The Balaban J connectivity index is 1.48. The molecule has 3 aromatic carbocycles. The maximum Gasteiger partial charge on any atom is 0.173 e. The van der Waals surface area contributed by atoms with Crippen molar-refractivity contribution in [1.29, 1.82) is 0 Å². The average Bonchev–Trinajstić information content (AvgIpc) is 2.80. The minimum atomic E-state index is 0.169. The maximum absolute atomic E-state index is 6.75. The van der Waals surface area contributed by atoms with Crippen LogP contribution in [0.5, 0.6) is 23.0 Å². The molecule has 7 rings (SSSR count). The third-order valence-electron chi connectivity index (χ3n) is 8.67. The summed E-state index contributed by atoms with van der Waals surface area (Å²) in [5.41, 5.74) is 17.2. The molecule has 176 valence electrons. The summed E-state index contributed by atoms with van der Waals surface area (Å²) in [7, 11) is 0. The highest BCUT2D eigenvalue weighted by molar-refractivity contribution is 5.60. The van der Waals surface area contributed by atoms with E-state index in [4.69, 9.17) is 20.9 Å². The summed E-state index contributed by atoms with van der Waals surface area (Å²) >= 11 is 0. The molecular weight excluding hydrogens is 420 g/mol. The molecule has 34 heavy (non-hydrogen) atoms. The van der Waals surface area contributed by atoms with Gasteiger partial charge in [-0.3, -0.25) is 0 Å². The Labute approximate surface area is 202 Å². The third-order valence-corrected chi connectivity index (χ3v) is 8.67. The van der Waals surface area contributed by atoms with Gasteiger partial charge in [-0.1, -0.05) is 24.3 Å². The van der Waals surface area contributed by atoms with Gasteiger partial charge in [0, 0.05) is 28.1 Å². The Morgan fingerprint density at radius 3 is 1.68 bits per heavy atom. The molecule has 0 heterocycles. The van der Waals surface area contributed by atoms with Gasteiger partial charge in [0.2, 0.25) is 0 Å². The normalized spacial score (nSPS) is 27.1. The fraction of sp³-hybridized carbons (Fsp3) is 0.400. The molecule has 0 unspecified atom stereocenters. The Bertz CT molecular complexity index is 1210. The average molecular weight is 455 g/mol. The minimum Gasteiger partial charge on any atom is -0.453 e. The van der Waals surface area contributed by atoms with Crippen molar-refractivity contribution in [3.05, 3.63) is 71.3 Å². The van der Waals surface area contributed by atoms with Gasteiger partial charge in [0.25, 0.3) is 0 Å². The van der Waals surface area contributed by atoms with Crippen molar-refractivity contribution < 1.29 is 9.47 Å². The summed E-state index contributed by atoms with van der Waals surface area (Å²) < 4.78 is 13.3. The van der Waals surface area contributed by atoms with Crippen molar-refractivity contribution in [2.45, 2.75) is 57.8 Å². The number of nitrogens with two attached hydrogens (primary N) is 2. The number of anilines is 2. The van der Waals surface area contributed by atoms with Crippen LogP contribution in [0.2, 0.25) is 0 Å². The third kappa shape index (κ3) is 3.51. The minimum absolute atomic E-state index is 0.169. The SMILES string of the molecule is Cc1c(N)cccc1Oc1cccc(C23CC4CC(CC(C4)C2)C3)c1Oc1cccc(N)c1C. The van der Waals surface area contributed by atoms with Crippen molar-refractivity contribution in [1.82, 2.24) is 0 Å². The lowest BCUT2D eigenvalue weighted by molar-refractivity contribution is -0.00609. The van der Waals surface area contributed by atoms with E-state index in [1.54, 1.807) is 0 Å². The van der Waals surface area contributed by atoms with Gasteiger partial charge in [-0.05, 0) is 106 Å². The van der Waals surface area contributed by atoms with Crippen molar-refractivity contribution in [3.8, 4) is 23.0 Å². The molecule has 3 aromatic rings. The molecule has 0 aliphatic heterocycles. The lowest BCUT2D eigenvalue weighted by Gasteiger charge is -2.57. The summed E-state index contributed by atoms with van der Waals surface area (Å²) in [6.45, 7) is 4.01. The Morgan fingerprint density at radius 1 is 0.647 bits per heavy atom. The fourth-order valence-corrected chi connectivity index (χ4v) is 7.27. The second-order valence-corrected chi connectivity index (χ2v) is 11.0. The van der Waals surface area contributed by atoms with Crippen LogP contribution in [0.25, 0.3) is 0 Å². The molecule has 4 heteroatoms. The highest BCUT2D eigenvalue weighted by atomic mass is 16.5.